The van der Waals surface area contributed by atoms with E-state index < -0.39 is 5.54 Å². The summed E-state index contributed by atoms with van der Waals surface area (Å²) in [7, 11) is 0. The zero-order valence-electron chi connectivity index (χ0n) is 11.2. The van der Waals surface area contributed by atoms with E-state index in [2.05, 4.69) is 5.32 Å². The van der Waals surface area contributed by atoms with Crippen LogP contribution in [0.4, 0.5) is 0 Å². The van der Waals surface area contributed by atoms with Crippen molar-refractivity contribution in [3.8, 4) is 0 Å². The molecule has 1 aromatic rings. The van der Waals surface area contributed by atoms with Crippen molar-refractivity contribution in [2.45, 2.75) is 57.5 Å². The third-order valence-corrected chi connectivity index (χ3v) is 4.07. The second kappa shape index (κ2) is 5.14. The highest BCUT2D eigenvalue weighted by Crippen LogP contribution is 2.31. The summed E-state index contributed by atoms with van der Waals surface area (Å²) in [5.41, 5.74) is 6.48. The quantitative estimate of drug-likeness (QED) is 0.861. The summed E-state index contributed by atoms with van der Waals surface area (Å²) in [6.07, 6.45) is 5.97. The third kappa shape index (κ3) is 2.29. The van der Waals surface area contributed by atoms with Crippen molar-refractivity contribution in [2.24, 2.45) is 5.73 Å². The molecule has 1 heterocycles. The summed E-state index contributed by atoms with van der Waals surface area (Å²) >= 11 is 0. The van der Waals surface area contributed by atoms with Gasteiger partial charge in [0.05, 0.1) is 17.8 Å². The van der Waals surface area contributed by atoms with E-state index in [1.54, 1.807) is 6.26 Å². The Kier molecular flexibility index (Phi) is 3.76. The van der Waals surface area contributed by atoms with Gasteiger partial charge in [0.2, 0.25) is 5.91 Å². The van der Waals surface area contributed by atoms with Gasteiger partial charge in [-0.25, -0.2) is 0 Å². The summed E-state index contributed by atoms with van der Waals surface area (Å²) in [5, 5.41) is 3.08. The van der Waals surface area contributed by atoms with Gasteiger partial charge in [-0.2, -0.15) is 0 Å². The first-order valence-corrected chi connectivity index (χ1v) is 6.77. The highest BCUT2D eigenvalue weighted by atomic mass is 16.3. The van der Waals surface area contributed by atoms with E-state index in [0.717, 1.165) is 30.6 Å². The van der Waals surface area contributed by atoms with E-state index in [4.69, 9.17) is 10.2 Å². The first kappa shape index (κ1) is 13.1. The molecule has 0 saturated heterocycles. The van der Waals surface area contributed by atoms with Gasteiger partial charge in [-0.15, -0.1) is 0 Å². The highest BCUT2D eigenvalue weighted by Gasteiger charge is 2.33. The largest absolute Gasteiger partial charge is 0.469 e. The molecule has 0 spiro atoms. The summed E-state index contributed by atoms with van der Waals surface area (Å²) in [6.45, 7) is 3.90. The molecule has 0 saturated carbocycles. The Hall–Kier alpha value is -1.29. The van der Waals surface area contributed by atoms with Crippen molar-refractivity contribution in [1.29, 1.82) is 0 Å². The highest BCUT2D eigenvalue weighted by molar-refractivity contribution is 5.86. The average molecular weight is 250 g/mol. The number of aryl methyl sites for hydroxylation is 1. The van der Waals surface area contributed by atoms with Crippen LogP contribution in [0.5, 0.6) is 0 Å². The van der Waals surface area contributed by atoms with Crippen LogP contribution in [0.1, 0.15) is 56.9 Å². The molecule has 2 rings (SSSR count). The predicted octanol–water partition coefficient (Wildman–Crippen LogP) is 2.29. The lowest BCUT2D eigenvalue weighted by Gasteiger charge is -2.30. The number of furan rings is 1. The molecule has 4 heteroatoms. The van der Waals surface area contributed by atoms with Crippen LogP contribution in [0.3, 0.4) is 0 Å². The van der Waals surface area contributed by atoms with E-state index in [9.17, 15) is 4.79 Å². The van der Waals surface area contributed by atoms with E-state index in [1.165, 1.54) is 0 Å². The molecule has 0 fully saturated rings. The van der Waals surface area contributed by atoms with Crippen LogP contribution in [0.15, 0.2) is 16.7 Å². The molecule has 1 unspecified atom stereocenters. The molecule has 4 nitrogen and oxygen atoms in total. The van der Waals surface area contributed by atoms with Gasteiger partial charge >= 0.3 is 0 Å². The average Bonchev–Trinajstić information content (AvgIpc) is 2.87. The Morgan fingerprint density at radius 3 is 2.94 bits per heavy atom. The number of carbonyl (C=O) groups is 1. The molecule has 1 aliphatic carbocycles. The molecule has 0 aliphatic heterocycles. The Morgan fingerprint density at radius 2 is 2.28 bits per heavy atom. The third-order valence-electron chi connectivity index (χ3n) is 4.07. The number of nitrogens with one attached hydrogen (secondary N) is 1. The minimum Gasteiger partial charge on any atom is -0.469 e. The number of rotatable bonds is 4. The first-order chi connectivity index (χ1) is 8.60. The first-order valence-electron chi connectivity index (χ1n) is 6.77. The second-order valence-corrected chi connectivity index (χ2v) is 5.08. The van der Waals surface area contributed by atoms with Gasteiger partial charge in [-0.3, -0.25) is 4.79 Å². The smallest absolute Gasteiger partial charge is 0.240 e. The maximum Gasteiger partial charge on any atom is 0.240 e. The fraction of sp³-hybridized carbons (Fsp3) is 0.643. The molecule has 18 heavy (non-hydrogen) atoms. The molecule has 1 amide bonds. The zero-order valence-corrected chi connectivity index (χ0v) is 11.2. The minimum atomic E-state index is -0.749. The summed E-state index contributed by atoms with van der Waals surface area (Å²) in [5.74, 6) is 0.953. The lowest BCUT2D eigenvalue weighted by molar-refractivity contribution is -0.127. The van der Waals surface area contributed by atoms with Gasteiger partial charge in [0.1, 0.15) is 5.76 Å². The van der Waals surface area contributed by atoms with Crippen molar-refractivity contribution in [1.82, 2.24) is 5.32 Å². The van der Waals surface area contributed by atoms with Gasteiger partial charge in [0.25, 0.3) is 0 Å². The molecule has 3 N–H and O–H groups in total. The maximum absolute atomic E-state index is 12.3. The van der Waals surface area contributed by atoms with Gasteiger partial charge < -0.3 is 15.5 Å². The zero-order chi connectivity index (χ0) is 13.2. The van der Waals surface area contributed by atoms with E-state index >= 15 is 0 Å². The minimum absolute atomic E-state index is 0.0495. The van der Waals surface area contributed by atoms with Crippen LogP contribution in [-0.4, -0.2) is 11.4 Å². The van der Waals surface area contributed by atoms with Crippen molar-refractivity contribution < 1.29 is 9.21 Å². The van der Waals surface area contributed by atoms with Gasteiger partial charge in [-0.1, -0.05) is 13.8 Å². The number of carbonyl (C=O) groups excluding carboxylic acids is 1. The fourth-order valence-corrected chi connectivity index (χ4v) is 2.51. The molecule has 1 aromatic heterocycles. The van der Waals surface area contributed by atoms with Crippen LogP contribution in [0, 0.1) is 0 Å². The molecule has 0 radical (unpaired) electrons. The van der Waals surface area contributed by atoms with Crippen LogP contribution >= 0.6 is 0 Å². The van der Waals surface area contributed by atoms with Crippen LogP contribution in [-0.2, 0) is 11.2 Å². The van der Waals surface area contributed by atoms with E-state index in [0.29, 0.717) is 12.8 Å². The SMILES string of the molecule is CCC(N)(CC)C(=O)NC1CCCc2occc21. The van der Waals surface area contributed by atoms with Crippen LogP contribution < -0.4 is 11.1 Å². The number of amides is 1. The molecular formula is C14H22N2O2. The van der Waals surface area contributed by atoms with Gasteiger partial charge in [-0.05, 0) is 31.7 Å². The summed E-state index contributed by atoms with van der Waals surface area (Å²) < 4.78 is 5.42. The Bertz CT molecular complexity index is 421. The summed E-state index contributed by atoms with van der Waals surface area (Å²) in [4.78, 5) is 12.3. The molecular weight excluding hydrogens is 228 g/mol. The normalized spacial score (nSPS) is 19.4. The van der Waals surface area contributed by atoms with Crippen molar-refractivity contribution >= 4 is 5.91 Å². The molecule has 1 aliphatic rings. The lowest BCUT2D eigenvalue weighted by atomic mass is 9.89. The van der Waals surface area contributed by atoms with Crippen molar-refractivity contribution in [3.05, 3.63) is 23.7 Å². The van der Waals surface area contributed by atoms with Gasteiger partial charge in [0, 0.05) is 12.0 Å². The van der Waals surface area contributed by atoms with Gasteiger partial charge in [0.15, 0.2) is 0 Å². The number of nitrogens with two attached hydrogens (primary N) is 1. The number of hydrogen-bond acceptors (Lipinski definition) is 3. The molecule has 0 bridgehead atoms. The number of fused-ring (bicyclic) bond motifs is 1. The molecule has 1 atom stereocenters. The van der Waals surface area contributed by atoms with Crippen LogP contribution in [0.2, 0.25) is 0 Å². The Morgan fingerprint density at radius 1 is 1.56 bits per heavy atom. The standard InChI is InChI=1S/C14H22N2O2/c1-3-14(15,4-2)13(17)16-11-6-5-7-12-10(11)8-9-18-12/h8-9,11H,3-7,15H2,1-2H3,(H,16,17). The predicted molar refractivity (Wildman–Crippen MR) is 70.0 cm³/mol. The maximum atomic E-state index is 12.3. The van der Waals surface area contributed by atoms with E-state index in [-0.39, 0.29) is 11.9 Å². The fourth-order valence-electron chi connectivity index (χ4n) is 2.51. The molecule has 100 valence electrons. The second-order valence-electron chi connectivity index (χ2n) is 5.08. The van der Waals surface area contributed by atoms with Crippen LogP contribution in [0.25, 0.3) is 0 Å². The molecule has 0 aromatic carbocycles. The Labute approximate surface area is 108 Å². The Balaban J connectivity index is 2.10. The topological polar surface area (TPSA) is 68.3 Å². The summed E-state index contributed by atoms with van der Waals surface area (Å²) in [6, 6.07) is 2.01. The lowest BCUT2D eigenvalue weighted by Crippen LogP contribution is -2.54. The van der Waals surface area contributed by atoms with Crippen molar-refractivity contribution in [2.75, 3.05) is 0 Å². The van der Waals surface area contributed by atoms with E-state index in [1.807, 2.05) is 19.9 Å². The van der Waals surface area contributed by atoms with Crippen molar-refractivity contribution in [3.63, 3.8) is 0 Å². The number of hydrogen-bond donors (Lipinski definition) is 2. The monoisotopic (exact) mass is 250 g/mol.